The van der Waals surface area contributed by atoms with Crippen LogP contribution in [0.25, 0.3) is 0 Å². The maximum Gasteiger partial charge on any atom is 0.222 e. The molecule has 0 aromatic heterocycles. The summed E-state index contributed by atoms with van der Waals surface area (Å²) < 4.78 is 5.61. The second-order valence-corrected chi connectivity index (χ2v) is 5.21. The Kier molecular flexibility index (Phi) is 8.16. The third-order valence-electron chi connectivity index (χ3n) is 3.68. The fraction of sp³-hybridized carbons (Fsp3) is 0.562. The Bertz CT molecular complexity index is 414. The van der Waals surface area contributed by atoms with Crippen molar-refractivity contribution < 1.29 is 9.53 Å². The van der Waals surface area contributed by atoms with Crippen LogP contribution in [-0.4, -0.2) is 43.6 Å². The Morgan fingerprint density at radius 2 is 2.14 bits per heavy atom. The second-order valence-electron chi connectivity index (χ2n) is 5.21. The number of ether oxygens (including phenoxy) is 1. The van der Waals surface area contributed by atoms with Crippen molar-refractivity contribution in [2.75, 3.05) is 26.7 Å². The number of nitrogens with one attached hydrogen (secondary N) is 1. The third kappa shape index (κ3) is 5.56. The molecule has 1 aliphatic heterocycles. The van der Waals surface area contributed by atoms with E-state index in [-0.39, 0.29) is 18.3 Å². The number of carbonyl (C=O) groups is 1. The molecular formula is C16H25ClN2O2. The lowest BCUT2D eigenvalue weighted by molar-refractivity contribution is -0.132. The number of carbonyl (C=O) groups excluding carboxylic acids is 1. The molecule has 2 rings (SSSR count). The van der Waals surface area contributed by atoms with Crippen molar-refractivity contribution in [1.29, 1.82) is 0 Å². The van der Waals surface area contributed by atoms with Crippen molar-refractivity contribution in [3.8, 4) is 5.75 Å². The highest BCUT2D eigenvalue weighted by molar-refractivity contribution is 5.85. The van der Waals surface area contributed by atoms with Crippen molar-refractivity contribution in [3.63, 3.8) is 0 Å². The van der Waals surface area contributed by atoms with Crippen LogP contribution >= 0.6 is 12.4 Å². The van der Waals surface area contributed by atoms with Crippen LogP contribution < -0.4 is 10.1 Å². The van der Waals surface area contributed by atoms with Gasteiger partial charge in [0.2, 0.25) is 5.91 Å². The molecule has 1 fully saturated rings. The zero-order valence-corrected chi connectivity index (χ0v) is 13.4. The molecule has 4 nitrogen and oxygen atoms in total. The van der Waals surface area contributed by atoms with Gasteiger partial charge in [0.15, 0.2) is 0 Å². The summed E-state index contributed by atoms with van der Waals surface area (Å²) in [4.78, 5) is 14.2. The van der Waals surface area contributed by atoms with Gasteiger partial charge in [0.1, 0.15) is 5.75 Å². The highest BCUT2D eigenvalue weighted by Gasteiger charge is 2.27. The normalized spacial score (nSPS) is 17.4. The van der Waals surface area contributed by atoms with E-state index in [0.29, 0.717) is 19.1 Å². The smallest absolute Gasteiger partial charge is 0.222 e. The van der Waals surface area contributed by atoms with Gasteiger partial charge in [-0.1, -0.05) is 18.2 Å². The van der Waals surface area contributed by atoms with E-state index in [4.69, 9.17) is 4.74 Å². The molecule has 1 saturated heterocycles. The molecule has 118 valence electrons. The Labute approximate surface area is 133 Å². The quantitative estimate of drug-likeness (QED) is 0.787. The lowest BCUT2D eigenvalue weighted by Gasteiger charge is -2.24. The number of benzene rings is 1. The van der Waals surface area contributed by atoms with Crippen molar-refractivity contribution in [1.82, 2.24) is 10.2 Å². The molecule has 1 aromatic carbocycles. The van der Waals surface area contributed by atoms with Crippen LogP contribution in [-0.2, 0) is 4.79 Å². The van der Waals surface area contributed by atoms with Gasteiger partial charge in [-0.15, -0.1) is 12.4 Å². The first-order chi connectivity index (χ1) is 9.81. The zero-order chi connectivity index (χ0) is 14.2. The largest absolute Gasteiger partial charge is 0.494 e. The molecule has 1 N–H and O–H groups in total. The molecule has 1 atom stereocenters. The molecule has 0 radical (unpaired) electrons. The van der Waals surface area contributed by atoms with Crippen LogP contribution in [0.3, 0.4) is 0 Å². The maximum absolute atomic E-state index is 12.2. The van der Waals surface area contributed by atoms with Crippen LogP contribution in [0.5, 0.6) is 5.75 Å². The van der Waals surface area contributed by atoms with Gasteiger partial charge in [-0.3, -0.25) is 4.79 Å². The van der Waals surface area contributed by atoms with Gasteiger partial charge in [0.25, 0.3) is 0 Å². The molecule has 1 unspecified atom stereocenters. The molecule has 1 aliphatic rings. The van der Waals surface area contributed by atoms with E-state index in [1.54, 1.807) is 0 Å². The fourth-order valence-electron chi connectivity index (χ4n) is 2.69. The zero-order valence-electron chi connectivity index (χ0n) is 12.6. The standard InChI is InChI=1S/C16H24N2O2.ClH/c1-17-13-14-7-5-11-18(14)16(19)10-6-12-20-15-8-3-2-4-9-15;/h2-4,8-9,14,17H,5-7,10-13H2,1H3;1H. The molecule has 1 amide bonds. The number of likely N-dealkylation sites (N-methyl/N-ethyl adjacent to an activating group) is 1. The molecule has 5 heteroatoms. The molecule has 21 heavy (non-hydrogen) atoms. The Hall–Kier alpha value is -1.26. The first-order valence-electron chi connectivity index (χ1n) is 7.43. The molecule has 0 saturated carbocycles. The first kappa shape index (κ1) is 17.8. The minimum Gasteiger partial charge on any atom is -0.494 e. The predicted octanol–water partition coefficient (Wildman–Crippen LogP) is 2.48. The topological polar surface area (TPSA) is 41.6 Å². The van der Waals surface area contributed by atoms with Gasteiger partial charge < -0.3 is 15.0 Å². The molecule has 0 aliphatic carbocycles. The van der Waals surface area contributed by atoms with E-state index in [1.165, 1.54) is 0 Å². The lowest BCUT2D eigenvalue weighted by atomic mass is 10.2. The van der Waals surface area contributed by atoms with Crippen LogP contribution in [0.4, 0.5) is 0 Å². The predicted molar refractivity (Wildman–Crippen MR) is 87.1 cm³/mol. The minimum atomic E-state index is 0. The van der Waals surface area contributed by atoms with Crippen molar-refractivity contribution in [2.24, 2.45) is 0 Å². The fourth-order valence-corrected chi connectivity index (χ4v) is 2.69. The van der Waals surface area contributed by atoms with Crippen LogP contribution in [0.1, 0.15) is 25.7 Å². The van der Waals surface area contributed by atoms with Gasteiger partial charge in [0, 0.05) is 25.6 Å². The highest BCUT2D eigenvalue weighted by Crippen LogP contribution is 2.18. The average molecular weight is 313 g/mol. The number of halogens is 1. The lowest BCUT2D eigenvalue weighted by Crippen LogP contribution is -2.40. The number of para-hydroxylation sites is 1. The number of nitrogens with zero attached hydrogens (tertiary/aromatic N) is 1. The highest BCUT2D eigenvalue weighted by atomic mass is 35.5. The maximum atomic E-state index is 12.2. The average Bonchev–Trinajstić information content (AvgIpc) is 2.93. The summed E-state index contributed by atoms with van der Waals surface area (Å²) in [6.45, 7) is 2.40. The summed E-state index contributed by atoms with van der Waals surface area (Å²) in [6.07, 6.45) is 3.59. The summed E-state index contributed by atoms with van der Waals surface area (Å²) in [6, 6.07) is 10.1. The van der Waals surface area contributed by atoms with Crippen molar-refractivity contribution in [3.05, 3.63) is 30.3 Å². The number of likely N-dealkylation sites (tertiary alicyclic amines) is 1. The number of rotatable bonds is 7. The molecule has 0 spiro atoms. The van der Waals surface area contributed by atoms with Gasteiger partial charge in [-0.2, -0.15) is 0 Å². The van der Waals surface area contributed by atoms with Gasteiger partial charge in [-0.25, -0.2) is 0 Å². The summed E-state index contributed by atoms with van der Waals surface area (Å²) in [5.74, 6) is 1.13. The Morgan fingerprint density at radius 1 is 1.38 bits per heavy atom. The van der Waals surface area contributed by atoms with Gasteiger partial charge in [-0.05, 0) is 38.4 Å². The van der Waals surface area contributed by atoms with E-state index in [1.807, 2.05) is 42.3 Å². The van der Waals surface area contributed by atoms with E-state index in [0.717, 1.165) is 38.1 Å². The van der Waals surface area contributed by atoms with E-state index < -0.39 is 0 Å². The number of amides is 1. The van der Waals surface area contributed by atoms with E-state index in [2.05, 4.69) is 5.32 Å². The Morgan fingerprint density at radius 3 is 2.86 bits per heavy atom. The van der Waals surface area contributed by atoms with Gasteiger partial charge in [0.05, 0.1) is 6.61 Å². The summed E-state index contributed by atoms with van der Waals surface area (Å²) in [5.41, 5.74) is 0. The molecule has 1 heterocycles. The van der Waals surface area contributed by atoms with Crippen LogP contribution in [0.15, 0.2) is 30.3 Å². The molecular weight excluding hydrogens is 288 g/mol. The minimum absolute atomic E-state index is 0. The van der Waals surface area contributed by atoms with Gasteiger partial charge >= 0.3 is 0 Å². The number of hydrogen-bond donors (Lipinski definition) is 1. The SMILES string of the molecule is CNCC1CCCN1C(=O)CCCOc1ccccc1.Cl. The van der Waals surface area contributed by atoms with Crippen LogP contribution in [0, 0.1) is 0 Å². The van der Waals surface area contributed by atoms with Crippen molar-refractivity contribution >= 4 is 18.3 Å². The summed E-state index contributed by atoms with van der Waals surface area (Å²) in [5, 5.41) is 3.16. The van der Waals surface area contributed by atoms with Crippen molar-refractivity contribution in [2.45, 2.75) is 31.7 Å². The third-order valence-corrected chi connectivity index (χ3v) is 3.68. The summed E-state index contributed by atoms with van der Waals surface area (Å²) in [7, 11) is 1.94. The Balaban J connectivity index is 0.00000220. The van der Waals surface area contributed by atoms with E-state index >= 15 is 0 Å². The summed E-state index contributed by atoms with van der Waals surface area (Å²) >= 11 is 0. The molecule has 1 aromatic rings. The number of hydrogen-bond acceptors (Lipinski definition) is 3. The van der Waals surface area contributed by atoms with Crippen LogP contribution in [0.2, 0.25) is 0 Å². The first-order valence-corrected chi connectivity index (χ1v) is 7.43. The second kappa shape index (κ2) is 9.64. The monoisotopic (exact) mass is 312 g/mol. The van der Waals surface area contributed by atoms with E-state index in [9.17, 15) is 4.79 Å². The molecule has 0 bridgehead atoms.